The van der Waals surface area contributed by atoms with Gasteiger partial charge in [-0.05, 0) is 155 Å². The molecule has 1 nitrogen and oxygen atoms in total. The second kappa shape index (κ2) is 12.9. The molecule has 0 unspecified atom stereocenters. The van der Waals surface area contributed by atoms with Crippen molar-refractivity contribution in [2.24, 2.45) is 0 Å². The van der Waals surface area contributed by atoms with E-state index >= 15 is 0 Å². The summed E-state index contributed by atoms with van der Waals surface area (Å²) < 4.78 is 8.88. The predicted molar refractivity (Wildman–Crippen MR) is 271 cm³/mol. The van der Waals surface area contributed by atoms with Crippen LogP contribution in [0.4, 0.5) is 0 Å². The average molecular weight is 821 g/mol. The van der Waals surface area contributed by atoms with Gasteiger partial charge in [0.2, 0.25) is 0 Å². The Morgan fingerprint density at radius 2 is 1.10 bits per heavy atom. The number of benzene rings is 10. The van der Waals surface area contributed by atoms with E-state index < -0.39 is 0 Å². The summed E-state index contributed by atoms with van der Waals surface area (Å²) in [5.41, 5.74) is 15.6. The second-order valence-electron chi connectivity index (χ2n) is 18.3. The maximum Gasteiger partial charge on any atom is 0.136 e. The SMILES string of the molecule is CC1(C)C2=C(C=C(c3c4ccccc4c(-c4ccc5ccccc5c4)c4ccccc34)CC2)c2ccc(-c3ccc4sc5cc6c(ccc7oc8ccccc8c76)cc5c4c3)cc21. The standard InChI is InChI=1S/C61H40OS/c1-61(2)52-26-22-41(59-45-15-7-5-13-43(45)58(44-14-6-8-16-46(44)59)40-20-19-35-11-3-4-12-36(35)29-40)32-49(52)42-25-21-38(33-53(42)61)37-24-28-56-50(30-37)51-31-39-23-27-55-60(48(39)34-57(51)63-56)47-17-9-10-18-54(47)62-55/h3-21,23-25,27-34H,22,26H2,1-2H3. The molecule has 0 amide bonds. The molecule has 12 aromatic rings. The fraction of sp³-hybridized carbons (Fsp3) is 0.0820. The fourth-order valence-electron chi connectivity index (χ4n) is 11.6. The van der Waals surface area contributed by atoms with Gasteiger partial charge in [-0.25, -0.2) is 0 Å². The van der Waals surface area contributed by atoms with Crippen molar-refractivity contribution in [3.05, 3.63) is 204 Å². The van der Waals surface area contributed by atoms with Crippen LogP contribution in [0.3, 0.4) is 0 Å². The van der Waals surface area contributed by atoms with E-state index in [1.807, 2.05) is 17.4 Å². The maximum absolute atomic E-state index is 6.25. The molecule has 0 aliphatic heterocycles. The summed E-state index contributed by atoms with van der Waals surface area (Å²) in [4.78, 5) is 0. The van der Waals surface area contributed by atoms with Crippen LogP contribution >= 0.6 is 11.3 Å². The van der Waals surface area contributed by atoms with Gasteiger partial charge in [0.25, 0.3) is 0 Å². The van der Waals surface area contributed by atoms with E-state index in [0.29, 0.717) is 0 Å². The molecule has 0 saturated carbocycles. The quantitative estimate of drug-likeness (QED) is 0.162. The minimum Gasteiger partial charge on any atom is -0.456 e. The molecule has 0 spiro atoms. The zero-order chi connectivity index (χ0) is 41.6. The van der Waals surface area contributed by atoms with E-state index in [9.17, 15) is 0 Å². The highest BCUT2D eigenvalue weighted by Gasteiger charge is 2.39. The van der Waals surface area contributed by atoms with Crippen molar-refractivity contribution in [3.63, 3.8) is 0 Å². The third-order valence-electron chi connectivity index (χ3n) is 14.6. The number of para-hydroxylation sites is 1. The molecular formula is C61H40OS. The first-order chi connectivity index (χ1) is 31.0. The summed E-state index contributed by atoms with van der Waals surface area (Å²) in [7, 11) is 0. The lowest BCUT2D eigenvalue weighted by Gasteiger charge is -2.28. The fourth-order valence-corrected chi connectivity index (χ4v) is 12.7. The zero-order valence-corrected chi connectivity index (χ0v) is 35.9. The highest BCUT2D eigenvalue weighted by atomic mass is 32.1. The van der Waals surface area contributed by atoms with Gasteiger partial charge in [0.1, 0.15) is 11.2 Å². The predicted octanol–water partition coefficient (Wildman–Crippen LogP) is 17.8. The van der Waals surface area contributed by atoms with E-state index in [-0.39, 0.29) is 5.41 Å². The van der Waals surface area contributed by atoms with Crippen LogP contribution in [-0.4, -0.2) is 0 Å². The topological polar surface area (TPSA) is 13.1 Å². The van der Waals surface area contributed by atoms with Gasteiger partial charge in [0.05, 0.1) is 0 Å². The first-order valence-electron chi connectivity index (χ1n) is 22.2. The highest BCUT2D eigenvalue weighted by molar-refractivity contribution is 7.25. The van der Waals surface area contributed by atoms with Crippen molar-refractivity contribution in [1.82, 2.24) is 0 Å². The van der Waals surface area contributed by atoms with E-state index in [4.69, 9.17) is 4.42 Å². The molecule has 2 heteroatoms. The molecule has 10 aromatic carbocycles. The number of thiophene rings is 1. The summed E-state index contributed by atoms with van der Waals surface area (Å²) in [6, 6.07) is 65.7. The molecule has 0 bridgehead atoms. The van der Waals surface area contributed by atoms with Gasteiger partial charge in [-0.3, -0.25) is 0 Å². The van der Waals surface area contributed by atoms with Gasteiger partial charge >= 0.3 is 0 Å². The minimum absolute atomic E-state index is 0.0620. The molecule has 0 N–H and O–H groups in total. The molecule has 2 aliphatic carbocycles. The second-order valence-corrected chi connectivity index (χ2v) is 19.4. The van der Waals surface area contributed by atoms with E-state index in [1.54, 1.807) is 5.57 Å². The van der Waals surface area contributed by atoms with Crippen molar-refractivity contribution < 1.29 is 4.42 Å². The number of hydrogen-bond acceptors (Lipinski definition) is 2. The minimum atomic E-state index is -0.0620. The van der Waals surface area contributed by atoms with Gasteiger partial charge < -0.3 is 4.42 Å². The third-order valence-corrected chi connectivity index (χ3v) is 15.7. The first kappa shape index (κ1) is 35.3. The Morgan fingerprint density at radius 3 is 1.90 bits per heavy atom. The van der Waals surface area contributed by atoms with Crippen molar-refractivity contribution in [2.45, 2.75) is 32.1 Å². The lowest BCUT2D eigenvalue weighted by Crippen LogP contribution is -2.18. The normalized spacial score (nSPS) is 14.9. The molecule has 0 radical (unpaired) electrons. The maximum atomic E-state index is 6.25. The first-order valence-corrected chi connectivity index (χ1v) is 23.0. The van der Waals surface area contributed by atoms with Crippen molar-refractivity contribution >= 4 is 108 Å². The summed E-state index contributed by atoms with van der Waals surface area (Å²) in [5, 5.41) is 15.3. The van der Waals surface area contributed by atoms with Crippen LogP contribution in [-0.2, 0) is 5.41 Å². The number of rotatable bonds is 3. The van der Waals surface area contributed by atoms with Gasteiger partial charge in [-0.15, -0.1) is 11.3 Å². The Morgan fingerprint density at radius 1 is 0.444 bits per heavy atom. The molecule has 63 heavy (non-hydrogen) atoms. The zero-order valence-electron chi connectivity index (χ0n) is 35.1. The van der Waals surface area contributed by atoms with Crippen molar-refractivity contribution in [1.29, 1.82) is 0 Å². The Balaban J connectivity index is 0.880. The van der Waals surface area contributed by atoms with Crippen LogP contribution in [0.5, 0.6) is 0 Å². The largest absolute Gasteiger partial charge is 0.456 e. The monoisotopic (exact) mass is 820 g/mol. The molecule has 0 fully saturated rings. The molecular weight excluding hydrogens is 781 g/mol. The number of fused-ring (bicyclic) bond motifs is 13. The van der Waals surface area contributed by atoms with Crippen molar-refractivity contribution in [3.8, 4) is 22.3 Å². The Bertz CT molecular complexity index is 4000. The summed E-state index contributed by atoms with van der Waals surface area (Å²) in [6.07, 6.45) is 4.63. The van der Waals surface area contributed by atoms with Crippen LogP contribution in [0, 0.1) is 0 Å². The molecule has 0 saturated heterocycles. The number of allylic oxidation sites excluding steroid dienone is 4. The molecule has 2 heterocycles. The number of hydrogen-bond donors (Lipinski definition) is 0. The van der Waals surface area contributed by atoms with Gasteiger partial charge in [0, 0.05) is 36.4 Å². The molecule has 14 rings (SSSR count). The average Bonchev–Trinajstić information content (AvgIpc) is 3.96. The summed E-state index contributed by atoms with van der Waals surface area (Å²) in [6.45, 7) is 4.89. The highest BCUT2D eigenvalue weighted by Crippen LogP contribution is 2.54. The van der Waals surface area contributed by atoms with Crippen LogP contribution < -0.4 is 0 Å². The molecule has 296 valence electrons. The van der Waals surface area contributed by atoms with Crippen LogP contribution in [0.15, 0.2) is 192 Å². The lowest BCUT2D eigenvalue weighted by atomic mass is 9.76. The van der Waals surface area contributed by atoms with Crippen LogP contribution in [0.2, 0.25) is 0 Å². The number of furan rings is 1. The van der Waals surface area contributed by atoms with Crippen LogP contribution in [0.25, 0.3) is 119 Å². The van der Waals surface area contributed by atoms with E-state index in [2.05, 4.69) is 190 Å². The van der Waals surface area contributed by atoms with Gasteiger partial charge in [0.15, 0.2) is 0 Å². The Labute approximate surface area is 368 Å². The Kier molecular flexibility index (Phi) is 7.23. The van der Waals surface area contributed by atoms with Crippen LogP contribution in [0.1, 0.15) is 43.4 Å². The Hall–Kier alpha value is -7.26. The van der Waals surface area contributed by atoms with Gasteiger partial charge in [-0.2, -0.15) is 0 Å². The summed E-state index contributed by atoms with van der Waals surface area (Å²) >= 11 is 1.89. The molecule has 2 aromatic heterocycles. The summed E-state index contributed by atoms with van der Waals surface area (Å²) in [5.74, 6) is 0. The van der Waals surface area contributed by atoms with E-state index in [1.165, 1.54) is 124 Å². The van der Waals surface area contributed by atoms with Crippen molar-refractivity contribution in [2.75, 3.05) is 0 Å². The van der Waals surface area contributed by atoms with Gasteiger partial charge in [-0.1, -0.05) is 153 Å². The van der Waals surface area contributed by atoms with E-state index in [0.717, 1.165) is 24.0 Å². The third kappa shape index (κ3) is 5.04. The molecule has 0 atom stereocenters. The smallest absolute Gasteiger partial charge is 0.136 e. The molecule has 2 aliphatic rings. The lowest BCUT2D eigenvalue weighted by molar-refractivity contribution is 0.609.